The van der Waals surface area contributed by atoms with Crippen molar-refractivity contribution in [2.24, 2.45) is 0 Å². The molecule has 0 saturated heterocycles. The molecule has 0 radical (unpaired) electrons. The highest BCUT2D eigenvalue weighted by molar-refractivity contribution is 7.92. The molecule has 0 aliphatic carbocycles. The van der Waals surface area contributed by atoms with E-state index in [2.05, 4.69) is 5.32 Å². The molecule has 0 spiro atoms. The minimum atomic E-state index is -4.04. The van der Waals surface area contributed by atoms with Crippen LogP contribution in [-0.2, 0) is 21.4 Å². The van der Waals surface area contributed by atoms with Crippen LogP contribution in [0.3, 0.4) is 0 Å². The van der Waals surface area contributed by atoms with Gasteiger partial charge in [0.1, 0.15) is 11.5 Å². The number of fused-ring (bicyclic) bond motifs is 1. The van der Waals surface area contributed by atoms with Gasteiger partial charge in [-0.25, -0.2) is 8.42 Å². The van der Waals surface area contributed by atoms with Crippen LogP contribution in [-0.4, -0.2) is 48.3 Å². The van der Waals surface area contributed by atoms with Crippen LogP contribution in [0.1, 0.15) is 5.56 Å². The standard InChI is InChI=1S/C25H25ClN2O7S/c1-32-18-6-8-19(9-7-18)36(30,31)28-15-24(35-21-11-5-17(26)13-20(21)28)25(29)27-14-16-4-10-22(33-2)23(12-16)34-3/h4-13,24H,14-15H2,1-3H3,(H,27,29)/t24-/m1/s1. The van der Waals surface area contributed by atoms with Crippen LogP contribution >= 0.6 is 11.6 Å². The van der Waals surface area contributed by atoms with Crippen molar-refractivity contribution in [3.8, 4) is 23.0 Å². The highest BCUT2D eigenvalue weighted by Crippen LogP contribution is 2.39. The molecule has 4 rings (SSSR count). The Morgan fingerprint density at radius 2 is 1.72 bits per heavy atom. The van der Waals surface area contributed by atoms with Crippen molar-refractivity contribution < 1.29 is 32.2 Å². The maximum absolute atomic E-state index is 13.6. The van der Waals surface area contributed by atoms with E-state index in [4.69, 9.17) is 30.5 Å². The Bertz CT molecular complexity index is 1360. The number of hydrogen-bond acceptors (Lipinski definition) is 7. The average molecular weight is 533 g/mol. The van der Waals surface area contributed by atoms with Gasteiger partial charge in [0.15, 0.2) is 17.6 Å². The summed E-state index contributed by atoms with van der Waals surface area (Å²) < 4.78 is 49.8. The molecule has 9 nitrogen and oxygen atoms in total. The average Bonchev–Trinajstić information content (AvgIpc) is 2.90. The second kappa shape index (κ2) is 10.5. The summed E-state index contributed by atoms with van der Waals surface area (Å²) in [6.45, 7) is -0.0583. The zero-order valence-electron chi connectivity index (χ0n) is 19.9. The van der Waals surface area contributed by atoms with Gasteiger partial charge in [0, 0.05) is 11.6 Å². The van der Waals surface area contributed by atoms with E-state index in [-0.39, 0.29) is 29.4 Å². The number of hydrogen-bond donors (Lipinski definition) is 1. The molecule has 1 heterocycles. The molecule has 0 bridgehead atoms. The van der Waals surface area contributed by atoms with Crippen LogP contribution in [0.15, 0.2) is 65.6 Å². The van der Waals surface area contributed by atoms with E-state index in [0.717, 1.165) is 9.87 Å². The van der Waals surface area contributed by atoms with Crippen LogP contribution < -0.4 is 28.6 Å². The lowest BCUT2D eigenvalue weighted by atomic mass is 10.2. The molecular weight excluding hydrogens is 508 g/mol. The lowest BCUT2D eigenvalue weighted by molar-refractivity contribution is -0.127. The number of nitrogens with one attached hydrogen (secondary N) is 1. The first-order chi connectivity index (χ1) is 17.3. The summed E-state index contributed by atoms with van der Waals surface area (Å²) in [6.07, 6.45) is -1.09. The van der Waals surface area contributed by atoms with Gasteiger partial charge in [-0.2, -0.15) is 0 Å². The highest BCUT2D eigenvalue weighted by Gasteiger charge is 2.37. The largest absolute Gasteiger partial charge is 0.497 e. The normalized spacial score (nSPS) is 14.9. The molecule has 3 aromatic rings. The maximum Gasteiger partial charge on any atom is 0.264 e. The fourth-order valence-corrected chi connectivity index (χ4v) is 5.39. The van der Waals surface area contributed by atoms with Gasteiger partial charge in [0.25, 0.3) is 15.9 Å². The zero-order chi connectivity index (χ0) is 25.9. The van der Waals surface area contributed by atoms with Crippen LogP contribution in [0, 0.1) is 0 Å². The number of methoxy groups -OCH3 is 3. The molecule has 1 N–H and O–H groups in total. The molecule has 0 fully saturated rings. The lowest BCUT2D eigenvalue weighted by Crippen LogP contribution is -2.50. The summed E-state index contributed by atoms with van der Waals surface area (Å²) in [5.41, 5.74) is 1.02. The lowest BCUT2D eigenvalue weighted by Gasteiger charge is -2.35. The highest BCUT2D eigenvalue weighted by atomic mass is 35.5. The van der Waals surface area contributed by atoms with Gasteiger partial charge in [-0.3, -0.25) is 9.10 Å². The van der Waals surface area contributed by atoms with E-state index in [1.54, 1.807) is 42.5 Å². The summed E-state index contributed by atoms with van der Waals surface area (Å²) >= 11 is 6.15. The predicted octanol–water partition coefficient (Wildman–Crippen LogP) is 3.64. The quantitative estimate of drug-likeness (QED) is 0.472. The molecule has 1 atom stereocenters. The Balaban J connectivity index is 1.58. The summed E-state index contributed by atoms with van der Waals surface area (Å²) in [5, 5.41) is 3.14. The number of amides is 1. The fourth-order valence-electron chi connectivity index (χ4n) is 3.76. The molecule has 3 aromatic carbocycles. The molecule has 190 valence electrons. The topological polar surface area (TPSA) is 103 Å². The van der Waals surface area contributed by atoms with Crippen LogP contribution in [0.5, 0.6) is 23.0 Å². The first-order valence-corrected chi connectivity index (χ1v) is 12.7. The smallest absolute Gasteiger partial charge is 0.264 e. The van der Waals surface area contributed by atoms with Crippen LogP contribution in [0.4, 0.5) is 5.69 Å². The van der Waals surface area contributed by atoms with Gasteiger partial charge in [0.05, 0.1) is 38.5 Å². The first-order valence-electron chi connectivity index (χ1n) is 10.9. The molecule has 11 heteroatoms. The van der Waals surface area contributed by atoms with Gasteiger partial charge in [-0.1, -0.05) is 17.7 Å². The van der Waals surface area contributed by atoms with Crippen molar-refractivity contribution in [1.29, 1.82) is 0 Å². The van der Waals surface area contributed by atoms with Crippen LogP contribution in [0.2, 0.25) is 5.02 Å². The molecule has 0 saturated carbocycles. The third-order valence-electron chi connectivity index (χ3n) is 5.65. The second-order valence-corrected chi connectivity index (χ2v) is 10.1. The molecule has 1 aliphatic rings. The van der Waals surface area contributed by atoms with Crippen molar-refractivity contribution in [2.45, 2.75) is 17.5 Å². The Morgan fingerprint density at radius 1 is 1.00 bits per heavy atom. The van der Waals surface area contributed by atoms with E-state index < -0.39 is 22.0 Å². The van der Waals surface area contributed by atoms with Crippen molar-refractivity contribution in [1.82, 2.24) is 5.32 Å². The Kier molecular flexibility index (Phi) is 7.46. The Hall–Kier alpha value is -3.63. The number of rotatable bonds is 8. The van der Waals surface area contributed by atoms with Gasteiger partial charge >= 0.3 is 0 Å². The molecule has 0 aromatic heterocycles. The summed E-state index contributed by atoms with van der Waals surface area (Å²) in [5.74, 6) is 1.37. The van der Waals surface area contributed by atoms with Gasteiger partial charge in [-0.15, -0.1) is 0 Å². The number of benzene rings is 3. The predicted molar refractivity (Wildman–Crippen MR) is 135 cm³/mol. The Labute approximate surface area is 214 Å². The minimum absolute atomic E-state index is 0.0422. The number of ether oxygens (including phenoxy) is 4. The van der Waals surface area contributed by atoms with Crippen molar-refractivity contribution >= 4 is 33.2 Å². The zero-order valence-corrected chi connectivity index (χ0v) is 21.4. The molecule has 36 heavy (non-hydrogen) atoms. The molecule has 1 amide bonds. The van der Waals surface area contributed by atoms with E-state index in [9.17, 15) is 13.2 Å². The fraction of sp³-hybridized carbons (Fsp3) is 0.240. The van der Waals surface area contributed by atoms with Gasteiger partial charge in [-0.05, 0) is 60.2 Å². The first kappa shape index (κ1) is 25.5. The van der Waals surface area contributed by atoms with Crippen LogP contribution in [0.25, 0.3) is 0 Å². The van der Waals surface area contributed by atoms with E-state index in [1.165, 1.54) is 39.5 Å². The Morgan fingerprint density at radius 3 is 2.39 bits per heavy atom. The number of carbonyl (C=O) groups excluding carboxylic acids is 1. The molecule has 0 unspecified atom stereocenters. The third-order valence-corrected chi connectivity index (χ3v) is 7.67. The van der Waals surface area contributed by atoms with E-state index >= 15 is 0 Å². The number of sulfonamides is 1. The third kappa shape index (κ3) is 5.14. The summed E-state index contributed by atoms with van der Waals surface area (Å²) in [7, 11) is 0.520. The van der Waals surface area contributed by atoms with E-state index in [0.29, 0.717) is 22.3 Å². The summed E-state index contributed by atoms with van der Waals surface area (Å²) in [4.78, 5) is 13.1. The molecule has 1 aliphatic heterocycles. The number of nitrogens with zero attached hydrogens (tertiary/aromatic N) is 1. The second-order valence-electron chi connectivity index (χ2n) is 7.84. The van der Waals surface area contributed by atoms with E-state index in [1.807, 2.05) is 0 Å². The van der Waals surface area contributed by atoms with Crippen molar-refractivity contribution in [3.05, 3.63) is 71.2 Å². The maximum atomic E-state index is 13.6. The number of anilines is 1. The molecular formula is C25H25ClN2O7S. The minimum Gasteiger partial charge on any atom is -0.497 e. The monoisotopic (exact) mass is 532 g/mol. The van der Waals surface area contributed by atoms with Gasteiger partial charge in [0.2, 0.25) is 0 Å². The van der Waals surface area contributed by atoms with Crippen molar-refractivity contribution in [2.75, 3.05) is 32.2 Å². The number of halogens is 1. The SMILES string of the molecule is COc1ccc(S(=O)(=O)N2C[C@H](C(=O)NCc3ccc(OC)c(OC)c3)Oc3ccc(Cl)cc32)cc1. The summed E-state index contributed by atoms with van der Waals surface area (Å²) in [6, 6.07) is 15.9. The van der Waals surface area contributed by atoms with Gasteiger partial charge < -0.3 is 24.3 Å². The number of carbonyl (C=O) groups is 1. The van der Waals surface area contributed by atoms with Crippen molar-refractivity contribution in [3.63, 3.8) is 0 Å².